The zero-order chi connectivity index (χ0) is 27.8. The van der Waals surface area contributed by atoms with E-state index in [4.69, 9.17) is 14.7 Å². The monoisotopic (exact) mass is 553 g/mol. The quantitative estimate of drug-likeness (QED) is 0.218. The Morgan fingerprint density at radius 2 is 1.61 bits per heavy atom. The molecule has 2 aliphatic rings. The highest BCUT2D eigenvalue weighted by atomic mass is 32.1. The van der Waals surface area contributed by atoms with Crippen molar-refractivity contribution in [3.8, 4) is 16.3 Å². The molecule has 0 radical (unpaired) electrons. The Morgan fingerprint density at radius 3 is 2.44 bits per heavy atom. The molecular weight excluding hydrogens is 522 g/mol. The molecule has 0 bridgehead atoms. The van der Waals surface area contributed by atoms with Crippen molar-refractivity contribution in [1.82, 2.24) is 4.98 Å². The van der Waals surface area contributed by atoms with E-state index < -0.39 is 5.72 Å². The molecule has 5 aromatic carbocycles. The molecule has 5 heteroatoms. The van der Waals surface area contributed by atoms with Crippen LogP contribution in [-0.4, -0.2) is 23.5 Å². The second kappa shape index (κ2) is 8.89. The third-order valence-corrected chi connectivity index (χ3v) is 10.1. The number of anilines is 1. The molecule has 6 aromatic rings. The lowest BCUT2D eigenvalue weighted by Gasteiger charge is -2.46. The van der Waals surface area contributed by atoms with Crippen LogP contribution in [0.1, 0.15) is 39.2 Å². The molecule has 2 aliphatic heterocycles. The summed E-state index contributed by atoms with van der Waals surface area (Å²) in [7, 11) is 0. The summed E-state index contributed by atoms with van der Waals surface area (Å²) in [5.41, 5.74) is 4.29. The second-order valence-electron chi connectivity index (χ2n) is 11.7. The Hall–Kier alpha value is -4.22. The summed E-state index contributed by atoms with van der Waals surface area (Å²) >= 11 is 1.71. The van der Waals surface area contributed by atoms with Crippen molar-refractivity contribution < 1.29 is 4.74 Å². The molecule has 4 nitrogen and oxygen atoms in total. The second-order valence-corrected chi connectivity index (χ2v) is 12.7. The third-order valence-electron chi connectivity index (χ3n) is 8.98. The highest BCUT2D eigenvalue weighted by molar-refractivity contribution is 7.21. The van der Waals surface area contributed by atoms with E-state index in [0.717, 1.165) is 57.7 Å². The number of hydrogen-bond acceptors (Lipinski definition) is 5. The van der Waals surface area contributed by atoms with Crippen LogP contribution in [0.3, 0.4) is 0 Å². The predicted molar refractivity (Wildman–Crippen MR) is 173 cm³/mol. The molecule has 41 heavy (non-hydrogen) atoms. The summed E-state index contributed by atoms with van der Waals surface area (Å²) in [6.07, 6.45) is 4.26. The van der Waals surface area contributed by atoms with Gasteiger partial charge in [0, 0.05) is 17.6 Å². The maximum atomic E-state index is 7.47. The highest BCUT2D eigenvalue weighted by Crippen LogP contribution is 2.58. The fraction of sp³-hybridized carbons (Fsp3) is 0.222. The van der Waals surface area contributed by atoms with E-state index in [1.54, 1.807) is 11.3 Å². The van der Waals surface area contributed by atoms with E-state index in [0.29, 0.717) is 0 Å². The molecule has 202 valence electrons. The summed E-state index contributed by atoms with van der Waals surface area (Å²) in [5.74, 6) is 0.817. The van der Waals surface area contributed by atoms with E-state index in [2.05, 4.69) is 117 Å². The number of aliphatic imine (C=N–C) groups is 1. The molecule has 0 saturated carbocycles. The van der Waals surface area contributed by atoms with E-state index in [-0.39, 0.29) is 5.41 Å². The van der Waals surface area contributed by atoms with Crippen molar-refractivity contribution in [2.24, 2.45) is 4.99 Å². The molecule has 0 amide bonds. The molecule has 3 heterocycles. The SMILES string of the molecule is CCCCN1c2ccc3ccccc3c2C(C)(C)C12C=Nc1c(c(-c3nc4ccccc4s3)cc3ccccc13)O2. The topological polar surface area (TPSA) is 37.7 Å². The van der Waals surface area contributed by atoms with E-state index in [1.807, 2.05) is 6.07 Å². The first-order chi connectivity index (χ1) is 20.0. The van der Waals surface area contributed by atoms with Crippen LogP contribution >= 0.6 is 11.3 Å². The number of fused-ring (bicyclic) bond motifs is 7. The number of ether oxygens (including phenoxy) is 1. The third kappa shape index (κ3) is 3.39. The number of nitrogens with zero attached hydrogens (tertiary/aromatic N) is 3. The van der Waals surface area contributed by atoms with Gasteiger partial charge in [0.05, 0.1) is 27.4 Å². The van der Waals surface area contributed by atoms with Gasteiger partial charge in [-0.05, 0) is 66.3 Å². The number of hydrogen-bond donors (Lipinski definition) is 0. The van der Waals surface area contributed by atoms with Crippen molar-refractivity contribution in [2.75, 3.05) is 11.4 Å². The van der Waals surface area contributed by atoms with Gasteiger partial charge >= 0.3 is 0 Å². The van der Waals surface area contributed by atoms with Gasteiger partial charge in [0.2, 0.25) is 5.72 Å². The van der Waals surface area contributed by atoms with Gasteiger partial charge < -0.3 is 9.64 Å². The van der Waals surface area contributed by atoms with E-state index in [1.165, 1.54) is 26.7 Å². The molecule has 0 fully saturated rings. The first kappa shape index (κ1) is 24.6. The van der Waals surface area contributed by atoms with Gasteiger partial charge in [-0.25, -0.2) is 4.98 Å². The average Bonchev–Trinajstić information content (AvgIpc) is 3.51. The summed E-state index contributed by atoms with van der Waals surface area (Å²) < 4.78 is 8.64. The standard InChI is InChI=1S/C36H31N3OS/c1-4-5-20-39-29-19-18-23-12-6-8-14-25(23)31(29)35(2,3)36(39)22-37-32-26-15-9-7-13-24(26)21-27(33(32)40-36)34-38-28-16-10-11-17-30(28)41-34/h6-19,21-22H,4-5,20H2,1-3H3. The number of benzene rings is 5. The highest BCUT2D eigenvalue weighted by Gasteiger charge is 2.60. The van der Waals surface area contributed by atoms with Crippen LogP contribution in [0.15, 0.2) is 96.0 Å². The Labute approximate surface area is 243 Å². The van der Waals surface area contributed by atoms with Gasteiger partial charge in [-0.2, -0.15) is 0 Å². The minimum atomic E-state index is -0.782. The van der Waals surface area contributed by atoms with Gasteiger partial charge in [0.25, 0.3) is 0 Å². The molecule has 8 rings (SSSR count). The number of rotatable bonds is 4. The zero-order valence-corrected chi connectivity index (χ0v) is 24.3. The van der Waals surface area contributed by atoms with Crippen LogP contribution in [0, 0.1) is 0 Å². The fourth-order valence-electron chi connectivity index (χ4n) is 6.87. The summed E-state index contributed by atoms with van der Waals surface area (Å²) in [6.45, 7) is 7.77. The molecule has 0 aliphatic carbocycles. The summed E-state index contributed by atoms with van der Waals surface area (Å²) in [6, 6.07) is 32.3. The minimum absolute atomic E-state index is 0.380. The number of para-hydroxylation sites is 1. The van der Waals surface area contributed by atoms with Crippen molar-refractivity contribution in [3.63, 3.8) is 0 Å². The van der Waals surface area contributed by atoms with Gasteiger partial charge in [-0.3, -0.25) is 4.99 Å². The molecule has 0 saturated heterocycles. The van der Waals surface area contributed by atoms with Gasteiger partial charge in [0.15, 0.2) is 5.75 Å². The van der Waals surface area contributed by atoms with Crippen LogP contribution in [0.25, 0.3) is 42.3 Å². The van der Waals surface area contributed by atoms with Crippen LogP contribution in [0.2, 0.25) is 0 Å². The van der Waals surface area contributed by atoms with Crippen molar-refractivity contribution in [3.05, 3.63) is 96.6 Å². The molecule has 0 N–H and O–H groups in total. The molecule has 1 unspecified atom stereocenters. The maximum absolute atomic E-state index is 7.47. The van der Waals surface area contributed by atoms with Gasteiger partial charge in [0.1, 0.15) is 10.7 Å². The number of unbranched alkanes of at least 4 members (excludes halogenated alkanes) is 1. The zero-order valence-electron chi connectivity index (χ0n) is 23.5. The van der Waals surface area contributed by atoms with Crippen LogP contribution in [0.5, 0.6) is 5.75 Å². The van der Waals surface area contributed by atoms with Crippen LogP contribution in [-0.2, 0) is 5.41 Å². The smallest absolute Gasteiger partial charge is 0.228 e. The van der Waals surface area contributed by atoms with Crippen molar-refractivity contribution in [2.45, 2.75) is 44.8 Å². The normalized spacial score (nSPS) is 18.8. The number of thiazole rings is 1. The molecule has 1 atom stereocenters. The van der Waals surface area contributed by atoms with E-state index in [9.17, 15) is 0 Å². The first-order valence-corrected chi connectivity index (χ1v) is 15.3. The Balaban J connectivity index is 1.39. The first-order valence-electron chi connectivity index (χ1n) is 14.5. The van der Waals surface area contributed by atoms with Crippen LogP contribution < -0.4 is 9.64 Å². The Bertz CT molecular complexity index is 1990. The Morgan fingerprint density at radius 1 is 0.854 bits per heavy atom. The molecular formula is C36H31N3OS. The lowest BCUT2D eigenvalue weighted by atomic mass is 9.75. The van der Waals surface area contributed by atoms with Gasteiger partial charge in [-0.1, -0.05) is 80.1 Å². The summed E-state index contributed by atoms with van der Waals surface area (Å²) in [5, 5.41) is 5.72. The molecule has 1 spiro atoms. The van der Waals surface area contributed by atoms with E-state index >= 15 is 0 Å². The van der Waals surface area contributed by atoms with Gasteiger partial charge in [-0.15, -0.1) is 11.3 Å². The van der Waals surface area contributed by atoms with Crippen molar-refractivity contribution in [1.29, 1.82) is 0 Å². The average molecular weight is 554 g/mol. The van der Waals surface area contributed by atoms with Crippen molar-refractivity contribution >= 4 is 60.7 Å². The lowest BCUT2D eigenvalue weighted by Crippen LogP contribution is -2.62. The lowest BCUT2D eigenvalue weighted by molar-refractivity contribution is 0.0786. The minimum Gasteiger partial charge on any atom is -0.459 e. The Kier molecular flexibility index (Phi) is 5.33. The fourth-order valence-corrected chi connectivity index (χ4v) is 7.85. The largest absolute Gasteiger partial charge is 0.459 e. The summed E-state index contributed by atoms with van der Waals surface area (Å²) in [4.78, 5) is 12.8. The van der Waals surface area contributed by atoms with Crippen LogP contribution in [0.4, 0.5) is 11.4 Å². The predicted octanol–water partition coefficient (Wildman–Crippen LogP) is 9.66. The maximum Gasteiger partial charge on any atom is 0.228 e. The number of aromatic nitrogens is 1. The molecule has 1 aromatic heterocycles.